The first kappa shape index (κ1) is 19.2. The molecule has 0 radical (unpaired) electrons. The van der Waals surface area contributed by atoms with E-state index in [9.17, 15) is 9.59 Å². The van der Waals surface area contributed by atoms with Crippen LogP contribution >= 0.6 is 0 Å². The van der Waals surface area contributed by atoms with Crippen LogP contribution in [0.1, 0.15) is 49.8 Å². The van der Waals surface area contributed by atoms with Crippen LogP contribution in [-0.2, 0) is 22.4 Å². The minimum Gasteiger partial charge on any atom is -0.444 e. The van der Waals surface area contributed by atoms with E-state index in [1.165, 1.54) is 5.56 Å². The van der Waals surface area contributed by atoms with Gasteiger partial charge in [0, 0.05) is 5.92 Å². The smallest absolute Gasteiger partial charge is 0.408 e. The van der Waals surface area contributed by atoms with E-state index in [0.717, 1.165) is 17.5 Å². The second-order valence-corrected chi connectivity index (χ2v) is 8.08. The van der Waals surface area contributed by atoms with Gasteiger partial charge in [0.15, 0.2) is 5.78 Å². The number of hydrogen-bond donors (Lipinski definition) is 1. The minimum atomic E-state index is -0.593. The summed E-state index contributed by atoms with van der Waals surface area (Å²) < 4.78 is 5.36. The van der Waals surface area contributed by atoms with Crippen molar-refractivity contribution in [1.29, 1.82) is 0 Å². The van der Waals surface area contributed by atoms with E-state index < -0.39 is 17.7 Å². The molecule has 2 aromatic carbocycles. The molecule has 1 aliphatic rings. The number of nitrogens with one attached hydrogen (secondary N) is 1. The van der Waals surface area contributed by atoms with Gasteiger partial charge in [-0.15, -0.1) is 0 Å². The fourth-order valence-corrected chi connectivity index (χ4v) is 3.59. The highest BCUT2D eigenvalue weighted by Gasteiger charge is 2.34. The number of rotatable bonds is 3. The molecule has 0 aliphatic heterocycles. The monoisotopic (exact) mass is 365 g/mol. The summed E-state index contributed by atoms with van der Waals surface area (Å²) in [6.07, 6.45) is 1.43. The van der Waals surface area contributed by atoms with Gasteiger partial charge in [-0.05, 0) is 56.7 Å². The molecule has 0 bridgehead atoms. The lowest BCUT2D eigenvalue weighted by Crippen LogP contribution is -2.45. The van der Waals surface area contributed by atoms with Crippen LogP contribution in [0.5, 0.6) is 0 Å². The van der Waals surface area contributed by atoms with Crippen LogP contribution in [-0.4, -0.2) is 23.5 Å². The van der Waals surface area contributed by atoms with E-state index in [4.69, 9.17) is 4.74 Å². The van der Waals surface area contributed by atoms with Crippen molar-refractivity contribution in [3.05, 3.63) is 71.3 Å². The molecule has 1 N–H and O–H groups in total. The van der Waals surface area contributed by atoms with Gasteiger partial charge in [-0.3, -0.25) is 4.79 Å². The summed E-state index contributed by atoms with van der Waals surface area (Å²) in [5.74, 6) is -0.222. The number of carbonyl (C=O) groups excluding carboxylic acids is 2. The number of alkyl carbamates (subject to hydrolysis) is 1. The Kier molecular flexibility index (Phi) is 5.64. The summed E-state index contributed by atoms with van der Waals surface area (Å²) in [6.45, 7) is 5.45. The summed E-state index contributed by atoms with van der Waals surface area (Å²) in [6, 6.07) is 17.6. The summed E-state index contributed by atoms with van der Waals surface area (Å²) in [7, 11) is 0. The standard InChI is InChI=1S/C23H27NO3/c1-23(2,3)27-22(26)24-20-14-13-17-11-7-8-12-18(17)19(21(20)25)15-16-9-5-4-6-10-16/h4-12,19-20H,13-15H2,1-3H3,(H,24,26). The van der Waals surface area contributed by atoms with Gasteiger partial charge in [-0.1, -0.05) is 54.6 Å². The third-order valence-electron chi connectivity index (χ3n) is 4.79. The number of ether oxygens (including phenoxy) is 1. The number of benzene rings is 2. The van der Waals surface area contributed by atoms with Gasteiger partial charge in [-0.2, -0.15) is 0 Å². The molecule has 0 heterocycles. The lowest BCUT2D eigenvalue weighted by Gasteiger charge is -2.24. The van der Waals surface area contributed by atoms with Crippen molar-refractivity contribution < 1.29 is 14.3 Å². The second-order valence-electron chi connectivity index (χ2n) is 8.08. The zero-order valence-electron chi connectivity index (χ0n) is 16.2. The molecule has 4 heteroatoms. The Balaban J connectivity index is 1.85. The molecule has 2 atom stereocenters. The third-order valence-corrected chi connectivity index (χ3v) is 4.79. The molecular formula is C23H27NO3. The Bertz CT molecular complexity index is 808. The van der Waals surface area contributed by atoms with Crippen molar-refractivity contribution in [2.45, 2.75) is 57.6 Å². The van der Waals surface area contributed by atoms with Crippen molar-refractivity contribution in [2.24, 2.45) is 0 Å². The Morgan fingerprint density at radius 1 is 1.07 bits per heavy atom. The van der Waals surface area contributed by atoms with E-state index in [1.54, 1.807) is 0 Å². The molecule has 1 amide bonds. The average Bonchev–Trinajstić information content (AvgIpc) is 2.73. The van der Waals surface area contributed by atoms with Crippen LogP contribution < -0.4 is 5.32 Å². The molecule has 0 fully saturated rings. The van der Waals surface area contributed by atoms with Gasteiger partial charge in [0.2, 0.25) is 0 Å². The van der Waals surface area contributed by atoms with Gasteiger partial charge >= 0.3 is 6.09 Å². The number of ketones is 1. The van der Waals surface area contributed by atoms with Crippen molar-refractivity contribution in [1.82, 2.24) is 5.32 Å². The first-order valence-corrected chi connectivity index (χ1v) is 9.48. The van der Waals surface area contributed by atoms with Gasteiger partial charge in [-0.25, -0.2) is 4.79 Å². The summed E-state index contributed by atoms with van der Waals surface area (Å²) in [5, 5.41) is 2.81. The Labute approximate surface area is 160 Å². The molecule has 0 saturated heterocycles. The van der Waals surface area contributed by atoms with Crippen molar-refractivity contribution in [2.75, 3.05) is 0 Å². The van der Waals surface area contributed by atoms with E-state index in [-0.39, 0.29) is 11.7 Å². The van der Waals surface area contributed by atoms with Crippen molar-refractivity contribution in [3.8, 4) is 0 Å². The van der Waals surface area contributed by atoms with Gasteiger partial charge < -0.3 is 10.1 Å². The molecule has 142 valence electrons. The molecule has 27 heavy (non-hydrogen) atoms. The maximum atomic E-state index is 13.3. The van der Waals surface area contributed by atoms with Crippen LogP contribution in [0.2, 0.25) is 0 Å². The number of hydrogen-bond acceptors (Lipinski definition) is 3. The quantitative estimate of drug-likeness (QED) is 0.819. The second kappa shape index (κ2) is 7.95. The Morgan fingerprint density at radius 3 is 2.44 bits per heavy atom. The molecule has 2 unspecified atom stereocenters. The fraction of sp³-hybridized carbons (Fsp3) is 0.391. The Hall–Kier alpha value is -2.62. The van der Waals surface area contributed by atoms with Gasteiger partial charge in [0.25, 0.3) is 0 Å². The predicted molar refractivity (Wildman–Crippen MR) is 106 cm³/mol. The first-order chi connectivity index (χ1) is 12.8. The van der Waals surface area contributed by atoms with Crippen LogP contribution in [0, 0.1) is 0 Å². The lowest BCUT2D eigenvalue weighted by molar-refractivity contribution is -0.122. The number of fused-ring (bicyclic) bond motifs is 1. The molecule has 0 aromatic heterocycles. The van der Waals surface area contributed by atoms with Crippen molar-refractivity contribution in [3.63, 3.8) is 0 Å². The predicted octanol–water partition coefficient (Wildman–Crippen LogP) is 4.42. The molecule has 0 saturated carbocycles. The number of aryl methyl sites for hydroxylation is 1. The van der Waals surface area contributed by atoms with E-state index >= 15 is 0 Å². The summed E-state index contributed by atoms with van der Waals surface area (Å²) in [4.78, 5) is 25.6. The largest absolute Gasteiger partial charge is 0.444 e. The van der Waals surface area contributed by atoms with Crippen molar-refractivity contribution >= 4 is 11.9 Å². The molecule has 0 spiro atoms. The maximum Gasteiger partial charge on any atom is 0.408 e. The number of carbonyl (C=O) groups is 2. The van der Waals surface area contributed by atoms with E-state index in [1.807, 2.05) is 69.3 Å². The highest BCUT2D eigenvalue weighted by Crippen LogP contribution is 2.31. The number of Topliss-reactive ketones (excluding diaryl/α,β-unsaturated/α-hetero) is 1. The zero-order valence-corrected chi connectivity index (χ0v) is 16.2. The van der Waals surface area contributed by atoms with Crippen LogP contribution in [0.4, 0.5) is 4.79 Å². The molecular weight excluding hydrogens is 338 g/mol. The normalized spacial score (nSPS) is 19.7. The first-order valence-electron chi connectivity index (χ1n) is 9.48. The van der Waals surface area contributed by atoms with Crippen LogP contribution in [0.15, 0.2) is 54.6 Å². The molecule has 2 aromatic rings. The third kappa shape index (κ3) is 4.97. The minimum absolute atomic E-state index is 0.0506. The summed E-state index contributed by atoms with van der Waals surface area (Å²) >= 11 is 0. The SMILES string of the molecule is CC(C)(C)OC(=O)NC1CCc2ccccc2C(Cc2ccccc2)C1=O. The molecule has 3 rings (SSSR count). The highest BCUT2D eigenvalue weighted by atomic mass is 16.6. The van der Waals surface area contributed by atoms with Crippen LogP contribution in [0.3, 0.4) is 0 Å². The Morgan fingerprint density at radius 2 is 1.74 bits per heavy atom. The maximum absolute atomic E-state index is 13.3. The average molecular weight is 365 g/mol. The van der Waals surface area contributed by atoms with E-state index in [0.29, 0.717) is 12.8 Å². The lowest BCUT2D eigenvalue weighted by atomic mass is 9.85. The van der Waals surface area contributed by atoms with E-state index in [2.05, 4.69) is 11.4 Å². The highest BCUT2D eigenvalue weighted by molar-refractivity contribution is 5.93. The topological polar surface area (TPSA) is 55.4 Å². The zero-order chi connectivity index (χ0) is 19.4. The van der Waals surface area contributed by atoms with Crippen LogP contribution in [0.25, 0.3) is 0 Å². The van der Waals surface area contributed by atoms with Gasteiger partial charge in [0.05, 0.1) is 6.04 Å². The molecule has 1 aliphatic carbocycles. The number of amides is 1. The fourth-order valence-electron chi connectivity index (χ4n) is 3.59. The van der Waals surface area contributed by atoms with Gasteiger partial charge in [0.1, 0.15) is 5.60 Å². The summed E-state index contributed by atoms with van der Waals surface area (Å²) in [5.41, 5.74) is 2.77. The molecule has 4 nitrogen and oxygen atoms in total.